The Kier molecular flexibility index (Phi) is 7.13. The van der Waals surface area contributed by atoms with Crippen LogP contribution in [0.2, 0.25) is 0 Å². The van der Waals surface area contributed by atoms with Crippen molar-refractivity contribution in [2.45, 2.75) is 19.4 Å². The Bertz CT molecular complexity index is 1430. The van der Waals surface area contributed by atoms with Crippen molar-refractivity contribution in [2.24, 2.45) is 5.92 Å². The Labute approximate surface area is 232 Å². The number of carbonyl (C=O) groups is 3. The molecule has 0 unspecified atom stereocenters. The number of urea groups is 1. The molecular formula is C31H31N3O6. The first-order chi connectivity index (χ1) is 19.5. The Morgan fingerprint density at radius 3 is 2.25 bits per heavy atom. The molecule has 2 aliphatic heterocycles. The van der Waals surface area contributed by atoms with Crippen LogP contribution >= 0.6 is 0 Å². The van der Waals surface area contributed by atoms with Crippen molar-refractivity contribution in [3.8, 4) is 22.6 Å². The smallest absolute Gasteiger partial charge is 0.324 e. The van der Waals surface area contributed by atoms with Crippen molar-refractivity contribution < 1.29 is 29.0 Å². The number of fused-ring (bicyclic) bond motifs is 1. The molecule has 1 saturated heterocycles. The number of aliphatic hydroxyl groups is 1. The van der Waals surface area contributed by atoms with E-state index in [-0.39, 0.29) is 37.0 Å². The highest BCUT2D eigenvalue weighted by Gasteiger charge is 2.36. The number of benzene rings is 3. The predicted molar refractivity (Wildman–Crippen MR) is 148 cm³/mol. The molecule has 0 radical (unpaired) electrons. The van der Waals surface area contributed by atoms with Crippen LogP contribution in [0.1, 0.15) is 28.8 Å². The van der Waals surface area contributed by atoms with Gasteiger partial charge in [0.1, 0.15) is 6.61 Å². The van der Waals surface area contributed by atoms with E-state index in [4.69, 9.17) is 9.47 Å². The summed E-state index contributed by atoms with van der Waals surface area (Å²) in [6.07, 6.45) is 1.93. The summed E-state index contributed by atoms with van der Waals surface area (Å²) in [5.74, 6) is 1.41. The minimum absolute atomic E-state index is 0.142. The molecule has 206 valence electrons. The summed E-state index contributed by atoms with van der Waals surface area (Å²) in [7, 11) is 0. The third-order valence-corrected chi connectivity index (χ3v) is 7.64. The van der Waals surface area contributed by atoms with Crippen LogP contribution in [-0.2, 0) is 11.3 Å². The second-order valence-electron chi connectivity index (χ2n) is 10.4. The second kappa shape index (κ2) is 11.0. The van der Waals surface area contributed by atoms with E-state index < -0.39 is 6.61 Å². The number of hydrogen-bond acceptors (Lipinski definition) is 6. The molecule has 40 heavy (non-hydrogen) atoms. The van der Waals surface area contributed by atoms with Gasteiger partial charge in [-0.3, -0.25) is 14.5 Å². The van der Waals surface area contributed by atoms with Crippen LogP contribution in [0.4, 0.5) is 10.5 Å². The van der Waals surface area contributed by atoms with Gasteiger partial charge in [-0.05, 0) is 53.8 Å². The van der Waals surface area contributed by atoms with Crippen molar-refractivity contribution in [2.75, 3.05) is 44.5 Å². The minimum atomic E-state index is -0.550. The van der Waals surface area contributed by atoms with Crippen molar-refractivity contribution >= 4 is 23.4 Å². The molecule has 9 nitrogen and oxygen atoms in total. The fourth-order valence-electron chi connectivity index (χ4n) is 5.15. The standard InChI is InChI=1S/C31H31N3O6/c35-19-27(36)22-6-4-21(5-7-22)18-34(31(38)33-14-12-32(13-15-33)30(37)23-8-9-23)26-3-1-2-24(16-26)25-10-11-28-29(17-25)40-20-39-28/h1-7,10-11,16-17,23,35H,8-9,12-15,18-20H2. The summed E-state index contributed by atoms with van der Waals surface area (Å²) in [4.78, 5) is 43.8. The molecule has 1 saturated carbocycles. The first-order valence-electron chi connectivity index (χ1n) is 13.6. The number of ether oxygens (including phenoxy) is 2. The van der Waals surface area contributed by atoms with Crippen LogP contribution in [0.15, 0.2) is 66.7 Å². The predicted octanol–water partition coefficient (Wildman–Crippen LogP) is 3.94. The molecule has 3 aromatic carbocycles. The maximum absolute atomic E-state index is 14.0. The molecule has 2 heterocycles. The van der Waals surface area contributed by atoms with Crippen LogP contribution in [0, 0.1) is 5.92 Å². The number of rotatable bonds is 7. The van der Waals surface area contributed by atoms with Gasteiger partial charge in [-0.25, -0.2) is 4.79 Å². The molecule has 2 fully saturated rings. The summed E-state index contributed by atoms with van der Waals surface area (Å²) >= 11 is 0. The number of Topliss-reactive ketones (excluding diaryl/α,β-unsaturated/α-hetero) is 1. The lowest BCUT2D eigenvalue weighted by Gasteiger charge is -2.38. The monoisotopic (exact) mass is 541 g/mol. The lowest BCUT2D eigenvalue weighted by Crippen LogP contribution is -2.54. The summed E-state index contributed by atoms with van der Waals surface area (Å²) in [6.45, 7) is 1.95. The zero-order chi connectivity index (χ0) is 27.6. The quantitative estimate of drug-likeness (QED) is 0.455. The lowest BCUT2D eigenvalue weighted by molar-refractivity contribution is -0.133. The molecule has 9 heteroatoms. The Morgan fingerprint density at radius 1 is 0.825 bits per heavy atom. The van der Waals surface area contributed by atoms with E-state index in [0.29, 0.717) is 43.2 Å². The Balaban J connectivity index is 1.26. The van der Waals surface area contributed by atoms with Gasteiger partial charge in [0.15, 0.2) is 17.3 Å². The molecule has 3 aromatic rings. The molecule has 3 amide bonds. The largest absolute Gasteiger partial charge is 0.454 e. The maximum Gasteiger partial charge on any atom is 0.324 e. The van der Waals surface area contributed by atoms with Crippen LogP contribution < -0.4 is 14.4 Å². The molecule has 1 N–H and O–H groups in total. The van der Waals surface area contributed by atoms with Crippen molar-refractivity contribution in [3.05, 3.63) is 77.9 Å². The minimum Gasteiger partial charge on any atom is -0.454 e. The van der Waals surface area contributed by atoms with Gasteiger partial charge < -0.3 is 24.4 Å². The topological polar surface area (TPSA) is 99.6 Å². The highest BCUT2D eigenvalue weighted by Crippen LogP contribution is 2.37. The molecule has 0 bridgehead atoms. The fourth-order valence-corrected chi connectivity index (χ4v) is 5.15. The number of amides is 3. The first-order valence-corrected chi connectivity index (χ1v) is 13.6. The number of aliphatic hydroxyl groups excluding tert-OH is 1. The molecule has 0 spiro atoms. The van der Waals surface area contributed by atoms with Crippen LogP contribution in [0.25, 0.3) is 11.1 Å². The number of hydrogen-bond donors (Lipinski definition) is 1. The maximum atomic E-state index is 14.0. The van der Waals surface area contributed by atoms with Gasteiger partial charge in [0, 0.05) is 43.3 Å². The summed E-state index contributed by atoms with van der Waals surface area (Å²) in [5.41, 5.74) is 3.87. The van der Waals surface area contributed by atoms with Crippen LogP contribution in [0.5, 0.6) is 11.5 Å². The SMILES string of the molecule is O=C(CO)c1ccc(CN(C(=O)N2CCN(C(=O)C3CC3)CC2)c2cccc(-c3ccc4c(c3)OCO4)c2)cc1. The average molecular weight is 542 g/mol. The molecular weight excluding hydrogens is 510 g/mol. The van der Waals surface area contributed by atoms with E-state index in [1.165, 1.54) is 0 Å². The zero-order valence-corrected chi connectivity index (χ0v) is 22.1. The fraction of sp³-hybridized carbons (Fsp3) is 0.323. The van der Waals surface area contributed by atoms with E-state index in [9.17, 15) is 19.5 Å². The summed E-state index contributed by atoms with van der Waals surface area (Å²) in [6, 6.07) is 20.4. The second-order valence-corrected chi connectivity index (χ2v) is 10.4. The van der Waals surface area contributed by atoms with Gasteiger partial charge in [0.2, 0.25) is 12.7 Å². The summed E-state index contributed by atoms with van der Waals surface area (Å²) in [5, 5.41) is 9.18. The van der Waals surface area contributed by atoms with E-state index in [1.807, 2.05) is 47.4 Å². The third kappa shape index (κ3) is 5.37. The van der Waals surface area contributed by atoms with Gasteiger partial charge in [-0.15, -0.1) is 0 Å². The Hall–Kier alpha value is -4.37. The van der Waals surface area contributed by atoms with Gasteiger partial charge in [0.05, 0.1) is 6.54 Å². The Morgan fingerprint density at radius 2 is 1.52 bits per heavy atom. The average Bonchev–Trinajstić information content (AvgIpc) is 3.75. The first kappa shape index (κ1) is 25.9. The lowest BCUT2D eigenvalue weighted by atomic mass is 10.0. The molecule has 6 rings (SSSR count). The van der Waals surface area contributed by atoms with Crippen LogP contribution in [-0.4, -0.2) is 72.2 Å². The molecule has 1 aliphatic carbocycles. The van der Waals surface area contributed by atoms with E-state index in [0.717, 1.165) is 35.2 Å². The number of ketones is 1. The van der Waals surface area contributed by atoms with E-state index in [1.54, 1.807) is 34.1 Å². The van der Waals surface area contributed by atoms with Crippen molar-refractivity contribution in [3.63, 3.8) is 0 Å². The molecule has 0 aromatic heterocycles. The molecule has 0 atom stereocenters. The van der Waals surface area contributed by atoms with Crippen LogP contribution in [0.3, 0.4) is 0 Å². The zero-order valence-electron chi connectivity index (χ0n) is 22.1. The number of nitrogens with zero attached hydrogens (tertiary/aromatic N) is 3. The highest BCUT2D eigenvalue weighted by atomic mass is 16.7. The van der Waals surface area contributed by atoms with Crippen molar-refractivity contribution in [1.29, 1.82) is 0 Å². The third-order valence-electron chi connectivity index (χ3n) is 7.64. The normalized spacial score (nSPS) is 16.1. The van der Waals surface area contributed by atoms with E-state index >= 15 is 0 Å². The van der Waals surface area contributed by atoms with Gasteiger partial charge in [-0.2, -0.15) is 0 Å². The number of carbonyl (C=O) groups excluding carboxylic acids is 3. The van der Waals surface area contributed by atoms with Crippen molar-refractivity contribution in [1.82, 2.24) is 9.80 Å². The number of piperazine rings is 1. The van der Waals surface area contributed by atoms with Gasteiger partial charge >= 0.3 is 6.03 Å². The van der Waals surface area contributed by atoms with E-state index in [2.05, 4.69) is 0 Å². The summed E-state index contributed by atoms with van der Waals surface area (Å²) < 4.78 is 11.0. The van der Waals surface area contributed by atoms with Gasteiger partial charge in [0.25, 0.3) is 0 Å². The highest BCUT2D eigenvalue weighted by molar-refractivity contribution is 5.97. The molecule has 3 aliphatic rings. The van der Waals surface area contributed by atoms with Gasteiger partial charge in [-0.1, -0.05) is 42.5 Å². The number of anilines is 1.